The summed E-state index contributed by atoms with van der Waals surface area (Å²) in [6, 6.07) is 16.6. The van der Waals surface area contributed by atoms with Gasteiger partial charge >= 0.3 is 0 Å². The van der Waals surface area contributed by atoms with Crippen LogP contribution in [0.25, 0.3) is 0 Å². The second-order valence-electron chi connectivity index (χ2n) is 7.39. The molecule has 0 spiro atoms. The lowest BCUT2D eigenvalue weighted by Crippen LogP contribution is -2.33. The van der Waals surface area contributed by atoms with Crippen molar-refractivity contribution in [1.29, 1.82) is 0 Å². The molecule has 120 valence electrons. The highest BCUT2D eigenvalue weighted by Gasteiger charge is 2.39. The van der Waals surface area contributed by atoms with Gasteiger partial charge in [0, 0.05) is 11.0 Å². The summed E-state index contributed by atoms with van der Waals surface area (Å²) in [5.41, 5.74) is 4.72. The van der Waals surface area contributed by atoms with Gasteiger partial charge in [0.25, 0.3) is 0 Å². The molecule has 1 aliphatic carbocycles. The van der Waals surface area contributed by atoms with E-state index in [1.54, 1.807) is 0 Å². The maximum Gasteiger partial charge on any atom is 0.168 e. The summed E-state index contributed by atoms with van der Waals surface area (Å²) in [6.45, 7) is 6.49. The quantitative estimate of drug-likeness (QED) is 0.650. The van der Waals surface area contributed by atoms with E-state index in [2.05, 4.69) is 39.0 Å². The number of benzene rings is 2. The van der Waals surface area contributed by atoms with Crippen LogP contribution in [-0.2, 0) is 0 Å². The van der Waals surface area contributed by atoms with Gasteiger partial charge in [-0.2, -0.15) is 0 Å². The van der Waals surface area contributed by atoms with Crippen molar-refractivity contribution in [2.75, 3.05) is 0 Å². The van der Waals surface area contributed by atoms with Crippen LogP contribution in [0.3, 0.4) is 0 Å². The fraction of sp³-hybridized carbons (Fsp3) is 0.409. The van der Waals surface area contributed by atoms with Crippen molar-refractivity contribution >= 4 is 5.78 Å². The molecule has 0 radical (unpaired) electrons. The third-order valence-electron chi connectivity index (χ3n) is 5.56. The van der Waals surface area contributed by atoms with Crippen molar-refractivity contribution in [3.05, 3.63) is 70.8 Å². The molecule has 0 heterocycles. The van der Waals surface area contributed by atoms with Crippen LogP contribution in [-0.4, -0.2) is 5.78 Å². The van der Waals surface area contributed by atoms with E-state index in [4.69, 9.17) is 0 Å². The van der Waals surface area contributed by atoms with Crippen molar-refractivity contribution in [2.45, 2.75) is 52.4 Å². The molecule has 0 aromatic heterocycles. The topological polar surface area (TPSA) is 17.1 Å². The Labute approximate surface area is 139 Å². The molecule has 2 aromatic carbocycles. The van der Waals surface area contributed by atoms with Crippen LogP contribution in [0.5, 0.6) is 0 Å². The van der Waals surface area contributed by atoms with E-state index in [0.29, 0.717) is 11.7 Å². The predicted molar refractivity (Wildman–Crippen MR) is 96.0 cm³/mol. The Morgan fingerprint density at radius 2 is 1.78 bits per heavy atom. The predicted octanol–water partition coefficient (Wildman–Crippen LogP) is 5.85. The molecule has 0 bridgehead atoms. The fourth-order valence-electron chi connectivity index (χ4n) is 3.93. The molecule has 2 unspecified atom stereocenters. The van der Waals surface area contributed by atoms with Gasteiger partial charge in [0.1, 0.15) is 0 Å². The summed E-state index contributed by atoms with van der Waals surface area (Å²) >= 11 is 0. The maximum absolute atomic E-state index is 13.0. The molecule has 1 nitrogen and oxygen atoms in total. The van der Waals surface area contributed by atoms with E-state index in [1.807, 2.05) is 30.3 Å². The summed E-state index contributed by atoms with van der Waals surface area (Å²) in [5.74, 6) is 0.812. The number of hydrogen-bond donors (Lipinski definition) is 0. The van der Waals surface area contributed by atoms with Crippen LogP contribution in [0, 0.1) is 19.3 Å². The van der Waals surface area contributed by atoms with Gasteiger partial charge in [-0.1, -0.05) is 61.9 Å². The van der Waals surface area contributed by atoms with Crippen molar-refractivity contribution < 1.29 is 4.79 Å². The van der Waals surface area contributed by atoms with Crippen molar-refractivity contribution in [3.63, 3.8) is 0 Å². The highest BCUT2D eigenvalue weighted by Crippen LogP contribution is 2.45. The molecule has 0 amide bonds. The largest absolute Gasteiger partial charge is 0.294 e. The first-order valence-electron chi connectivity index (χ1n) is 8.67. The number of aryl methyl sites for hydroxylation is 2. The van der Waals surface area contributed by atoms with Gasteiger partial charge in [-0.05, 0) is 55.7 Å². The van der Waals surface area contributed by atoms with Crippen LogP contribution in [0.2, 0.25) is 0 Å². The van der Waals surface area contributed by atoms with Gasteiger partial charge in [-0.3, -0.25) is 4.79 Å². The summed E-state index contributed by atoms with van der Waals surface area (Å²) in [6.07, 6.45) is 4.29. The van der Waals surface area contributed by atoms with E-state index in [0.717, 1.165) is 24.8 Å². The molecule has 1 aliphatic rings. The number of carbonyl (C=O) groups is 1. The molecule has 1 saturated carbocycles. The average Bonchev–Trinajstić information content (AvgIpc) is 2.57. The summed E-state index contributed by atoms with van der Waals surface area (Å²) in [4.78, 5) is 13.0. The Bertz CT molecular complexity index is 701. The molecular formula is C22H26O. The van der Waals surface area contributed by atoms with Gasteiger partial charge in [0.2, 0.25) is 0 Å². The van der Waals surface area contributed by atoms with Crippen LogP contribution >= 0.6 is 0 Å². The minimum atomic E-state index is -0.233. The fourth-order valence-corrected chi connectivity index (χ4v) is 3.93. The standard InChI is InChI=1S/C22H26O/c1-16-11-12-19(14-17(16)2)20-10-7-13-22(3,15-20)21(23)18-8-5-4-6-9-18/h4-6,8-9,11-12,14,20H,7,10,13,15H2,1-3H3. The van der Waals surface area contributed by atoms with E-state index in [9.17, 15) is 4.79 Å². The van der Waals surface area contributed by atoms with Gasteiger partial charge < -0.3 is 0 Å². The Balaban J connectivity index is 1.84. The normalized spacial score (nSPS) is 24.4. The van der Waals surface area contributed by atoms with Crippen molar-refractivity contribution in [3.8, 4) is 0 Å². The Morgan fingerprint density at radius 3 is 2.48 bits per heavy atom. The third kappa shape index (κ3) is 3.24. The monoisotopic (exact) mass is 306 g/mol. The first-order chi connectivity index (χ1) is 11.0. The van der Waals surface area contributed by atoms with Gasteiger partial charge in [0.05, 0.1) is 0 Å². The molecule has 2 atom stereocenters. The van der Waals surface area contributed by atoms with Gasteiger partial charge in [-0.25, -0.2) is 0 Å². The molecule has 0 saturated heterocycles. The first kappa shape index (κ1) is 16.0. The molecule has 1 fully saturated rings. The van der Waals surface area contributed by atoms with Crippen molar-refractivity contribution in [2.24, 2.45) is 5.41 Å². The van der Waals surface area contributed by atoms with E-state index in [-0.39, 0.29) is 5.41 Å². The van der Waals surface area contributed by atoms with Crippen LogP contribution in [0.4, 0.5) is 0 Å². The lowest BCUT2D eigenvalue weighted by molar-refractivity contribution is 0.0730. The number of ketones is 1. The first-order valence-corrected chi connectivity index (χ1v) is 8.67. The average molecular weight is 306 g/mol. The lowest BCUT2D eigenvalue weighted by atomic mass is 9.65. The maximum atomic E-state index is 13.0. The molecular weight excluding hydrogens is 280 g/mol. The zero-order chi connectivity index (χ0) is 16.4. The molecule has 3 rings (SSSR count). The van der Waals surface area contributed by atoms with Gasteiger partial charge in [0.15, 0.2) is 5.78 Å². The van der Waals surface area contributed by atoms with E-state index >= 15 is 0 Å². The second kappa shape index (κ2) is 6.31. The molecule has 0 aliphatic heterocycles. The smallest absolute Gasteiger partial charge is 0.168 e. The summed E-state index contributed by atoms with van der Waals surface area (Å²) < 4.78 is 0. The van der Waals surface area contributed by atoms with E-state index in [1.165, 1.54) is 23.1 Å². The Hall–Kier alpha value is -1.89. The zero-order valence-electron chi connectivity index (χ0n) is 14.4. The highest BCUT2D eigenvalue weighted by atomic mass is 16.1. The molecule has 2 aromatic rings. The van der Waals surface area contributed by atoms with Crippen LogP contribution < -0.4 is 0 Å². The van der Waals surface area contributed by atoms with Crippen LogP contribution in [0.1, 0.15) is 65.6 Å². The second-order valence-corrected chi connectivity index (χ2v) is 7.39. The number of hydrogen-bond acceptors (Lipinski definition) is 1. The van der Waals surface area contributed by atoms with Crippen molar-refractivity contribution in [1.82, 2.24) is 0 Å². The minimum Gasteiger partial charge on any atom is -0.294 e. The number of rotatable bonds is 3. The summed E-state index contributed by atoms with van der Waals surface area (Å²) in [5, 5.41) is 0. The summed E-state index contributed by atoms with van der Waals surface area (Å²) in [7, 11) is 0. The minimum absolute atomic E-state index is 0.233. The van der Waals surface area contributed by atoms with Crippen LogP contribution in [0.15, 0.2) is 48.5 Å². The third-order valence-corrected chi connectivity index (χ3v) is 5.56. The Kier molecular flexibility index (Phi) is 4.39. The molecule has 0 N–H and O–H groups in total. The van der Waals surface area contributed by atoms with Gasteiger partial charge in [-0.15, -0.1) is 0 Å². The number of carbonyl (C=O) groups excluding carboxylic acids is 1. The highest BCUT2D eigenvalue weighted by molar-refractivity contribution is 6.00. The molecule has 1 heteroatoms. The number of Topliss-reactive ketones (excluding diaryl/α,β-unsaturated/α-hetero) is 1. The lowest BCUT2D eigenvalue weighted by Gasteiger charge is -2.37. The zero-order valence-corrected chi connectivity index (χ0v) is 14.4. The van der Waals surface area contributed by atoms with E-state index < -0.39 is 0 Å². The SMILES string of the molecule is Cc1ccc(C2CCCC(C)(C(=O)c3ccccc3)C2)cc1C. The Morgan fingerprint density at radius 1 is 1.04 bits per heavy atom. The molecule has 23 heavy (non-hydrogen) atoms.